The first-order valence-corrected chi connectivity index (χ1v) is 9.91. The van der Waals surface area contributed by atoms with E-state index in [2.05, 4.69) is 9.88 Å². The van der Waals surface area contributed by atoms with Gasteiger partial charge in [0.15, 0.2) is 0 Å². The first-order chi connectivity index (χ1) is 15.0. The Kier molecular flexibility index (Phi) is 5.48. The molecule has 31 heavy (non-hydrogen) atoms. The highest BCUT2D eigenvalue weighted by Gasteiger charge is 2.36. The largest absolute Gasteiger partial charge is 0.354 e. The number of benzene rings is 2. The van der Waals surface area contributed by atoms with Gasteiger partial charge < -0.3 is 9.88 Å². The standard InChI is InChI=1S/C22H20N4O5/c27-20(23-10-13-24-12-9-15-4-1-2-5-19(15)24)6-3-11-25-21(28)17-8-7-16(26(30)31)14-18(17)22(25)29/h1-2,4-5,7-9,12,14H,3,6,10-11,13H2,(H,23,27). The summed E-state index contributed by atoms with van der Waals surface area (Å²) < 4.78 is 2.06. The van der Waals surface area contributed by atoms with Gasteiger partial charge in [0.25, 0.3) is 17.5 Å². The molecule has 4 rings (SSSR count). The van der Waals surface area contributed by atoms with Crippen LogP contribution in [0.3, 0.4) is 0 Å². The van der Waals surface area contributed by atoms with E-state index in [-0.39, 0.29) is 35.7 Å². The number of non-ortho nitro benzene ring substituents is 1. The molecule has 0 saturated carbocycles. The molecule has 2 aromatic carbocycles. The van der Waals surface area contributed by atoms with Crippen LogP contribution in [-0.2, 0) is 11.3 Å². The maximum atomic E-state index is 12.4. The van der Waals surface area contributed by atoms with Gasteiger partial charge in [0.1, 0.15) is 0 Å². The minimum absolute atomic E-state index is 0.0302. The number of hydrogen-bond acceptors (Lipinski definition) is 5. The number of fused-ring (bicyclic) bond motifs is 2. The molecule has 3 amide bonds. The van der Waals surface area contributed by atoms with Crippen LogP contribution in [0.2, 0.25) is 0 Å². The fourth-order valence-electron chi connectivity index (χ4n) is 3.73. The van der Waals surface area contributed by atoms with Crippen LogP contribution in [0.5, 0.6) is 0 Å². The molecule has 158 valence electrons. The molecule has 3 aromatic rings. The monoisotopic (exact) mass is 420 g/mol. The number of imide groups is 1. The molecule has 0 spiro atoms. The molecule has 0 aliphatic carbocycles. The van der Waals surface area contributed by atoms with Crippen molar-refractivity contribution >= 4 is 34.3 Å². The first kappa shape index (κ1) is 20.3. The van der Waals surface area contributed by atoms with Crippen molar-refractivity contribution in [2.45, 2.75) is 19.4 Å². The minimum atomic E-state index is -0.610. The zero-order valence-corrected chi connectivity index (χ0v) is 16.6. The van der Waals surface area contributed by atoms with Crippen LogP contribution in [0.25, 0.3) is 10.9 Å². The Balaban J connectivity index is 1.25. The summed E-state index contributed by atoms with van der Waals surface area (Å²) in [5.74, 6) is -1.22. The molecule has 1 aliphatic heterocycles. The van der Waals surface area contributed by atoms with Crippen molar-refractivity contribution in [1.82, 2.24) is 14.8 Å². The average molecular weight is 420 g/mol. The molecular formula is C22H20N4O5. The van der Waals surface area contributed by atoms with Crippen LogP contribution >= 0.6 is 0 Å². The number of nitro groups is 1. The summed E-state index contributed by atoms with van der Waals surface area (Å²) in [4.78, 5) is 48.3. The van der Waals surface area contributed by atoms with E-state index in [0.29, 0.717) is 19.5 Å². The maximum Gasteiger partial charge on any atom is 0.270 e. The molecule has 0 bridgehead atoms. The smallest absolute Gasteiger partial charge is 0.270 e. The highest BCUT2D eigenvalue weighted by molar-refractivity contribution is 6.21. The SMILES string of the molecule is O=C(CCCN1C(=O)c2ccc([N+](=O)[O-])cc2C1=O)NCCn1ccc2ccccc21. The highest BCUT2D eigenvalue weighted by Crippen LogP contribution is 2.27. The van der Waals surface area contributed by atoms with Gasteiger partial charge in [-0.2, -0.15) is 0 Å². The van der Waals surface area contributed by atoms with Crippen molar-refractivity contribution in [3.05, 3.63) is 76.0 Å². The summed E-state index contributed by atoms with van der Waals surface area (Å²) in [5, 5.41) is 14.9. The number of nitrogens with zero attached hydrogens (tertiary/aromatic N) is 3. The molecule has 2 heterocycles. The maximum absolute atomic E-state index is 12.4. The molecule has 0 unspecified atom stereocenters. The fourth-order valence-corrected chi connectivity index (χ4v) is 3.73. The Morgan fingerprint density at radius 3 is 2.58 bits per heavy atom. The second-order valence-electron chi connectivity index (χ2n) is 7.27. The Labute approximate surface area is 177 Å². The van der Waals surface area contributed by atoms with Crippen LogP contribution in [0.4, 0.5) is 5.69 Å². The Morgan fingerprint density at radius 1 is 1.00 bits per heavy atom. The summed E-state index contributed by atoms with van der Waals surface area (Å²) in [6.45, 7) is 1.18. The predicted octanol–water partition coefficient (Wildman–Crippen LogP) is 2.74. The third-order valence-corrected chi connectivity index (χ3v) is 5.31. The number of nitrogens with one attached hydrogen (secondary N) is 1. The molecule has 0 atom stereocenters. The molecular weight excluding hydrogens is 400 g/mol. The number of nitro benzene ring substituents is 1. The van der Waals surface area contributed by atoms with E-state index in [1.54, 1.807) is 0 Å². The quantitative estimate of drug-likeness (QED) is 0.342. The zero-order chi connectivity index (χ0) is 22.0. The predicted molar refractivity (Wildman–Crippen MR) is 113 cm³/mol. The van der Waals surface area contributed by atoms with Crippen molar-refractivity contribution in [3.63, 3.8) is 0 Å². The van der Waals surface area contributed by atoms with Gasteiger partial charge in [-0.25, -0.2) is 0 Å². The average Bonchev–Trinajstić information content (AvgIpc) is 3.28. The molecule has 0 fully saturated rings. The van der Waals surface area contributed by atoms with Crippen molar-refractivity contribution in [3.8, 4) is 0 Å². The van der Waals surface area contributed by atoms with E-state index in [4.69, 9.17) is 0 Å². The van der Waals surface area contributed by atoms with Gasteiger partial charge in [0, 0.05) is 49.9 Å². The van der Waals surface area contributed by atoms with Gasteiger partial charge in [-0.1, -0.05) is 18.2 Å². The van der Waals surface area contributed by atoms with Crippen LogP contribution < -0.4 is 5.32 Å². The Hall–Kier alpha value is -4.01. The van der Waals surface area contributed by atoms with Gasteiger partial charge in [-0.05, 0) is 30.0 Å². The topological polar surface area (TPSA) is 115 Å². The van der Waals surface area contributed by atoms with Gasteiger partial charge >= 0.3 is 0 Å². The van der Waals surface area contributed by atoms with Crippen LogP contribution in [0.15, 0.2) is 54.7 Å². The molecule has 9 heteroatoms. The van der Waals surface area contributed by atoms with Crippen LogP contribution in [-0.4, -0.2) is 45.2 Å². The summed E-state index contributed by atoms with van der Waals surface area (Å²) in [6, 6.07) is 13.6. The third-order valence-electron chi connectivity index (χ3n) is 5.31. The van der Waals surface area contributed by atoms with Gasteiger partial charge in [0.2, 0.25) is 5.91 Å². The highest BCUT2D eigenvalue weighted by atomic mass is 16.6. The number of hydrogen-bond donors (Lipinski definition) is 1. The van der Waals surface area contributed by atoms with E-state index in [9.17, 15) is 24.5 Å². The van der Waals surface area contributed by atoms with Crippen LogP contribution in [0.1, 0.15) is 33.6 Å². The lowest BCUT2D eigenvalue weighted by atomic mass is 10.1. The van der Waals surface area contributed by atoms with Crippen molar-refractivity contribution in [2.75, 3.05) is 13.1 Å². The fraction of sp³-hybridized carbons (Fsp3) is 0.227. The van der Waals surface area contributed by atoms with E-state index in [1.165, 1.54) is 12.1 Å². The molecule has 0 saturated heterocycles. The number of amides is 3. The second kappa shape index (κ2) is 8.39. The third kappa shape index (κ3) is 4.02. The lowest BCUT2D eigenvalue weighted by Crippen LogP contribution is -2.32. The normalized spacial score (nSPS) is 13.0. The minimum Gasteiger partial charge on any atom is -0.354 e. The van der Waals surface area contributed by atoms with Gasteiger partial charge in [-0.15, -0.1) is 0 Å². The molecule has 9 nitrogen and oxygen atoms in total. The Morgan fingerprint density at radius 2 is 1.77 bits per heavy atom. The van der Waals surface area contributed by atoms with E-state index in [0.717, 1.165) is 21.9 Å². The van der Waals surface area contributed by atoms with Gasteiger partial charge in [0.05, 0.1) is 16.1 Å². The van der Waals surface area contributed by atoms with E-state index in [1.807, 2.05) is 36.5 Å². The summed E-state index contributed by atoms with van der Waals surface area (Å²) in [5.41, 5.74) is 1.04. The second-order valence-corrected chi connectivity index (χ2v) is 7.27. The van der Waals surface area contributed by atoms with Crippen LogP contribution in [0, 0.1) is 10.1 Å². The number of carbonyl (C=O) groups is 3. The number of rotatable bonds is 8. The van der Waals surface area contributed by atoms with Crippen molar-refractivity contribution < 1.29 is 19.3 Å². The summed E-state index contributed by atoms with van der Waals surface area (Å²) in [7, 11) is 0. The van der Waals surface area contributed by atoms with Gasteiger partial charge in [-0.3, -0.25) is 29.4 Å². The van der Waals surface area contributed by atoms with E-state index >= 15 is 0 Å². The number of aromatic nitrogens is 1. The molecule has 1 aromatic heterocycles. The van der Waals surface area contributed by atoms with Crippen molar-refractivity contribution in [1.29, 1.82) is 0 Å². The van der Waals surface area contributed by atoms with E-state index < -0.39 is 16.7 Å². The first-order valence-electron chi connectivity index (χ1n) is 9.91. The number of para-hydroxylation sites is 1. The van der Waals surface area contributed by atoms with Crippen molar-refractivity contribution in [2.24, 2.45) is 0 Å². The molecule has 0 radical (unpaired) electrons. The summed E-state index contributed by atoms with van der Waals surface area (Å²) >= 11 is 0. The Bertz CT molecular complexity index is 1200. The lowest BCUT2D eigenvalue weighted by molar-refractivity contribution is -0.384. The zero-order valence-electron chi connectivity index (χ0n) is 16.6. The number of carbonyl (C=O) groups excluding carboxylic acids is 3. The summed E-state index contributed by atoms with van der Waals surface area (Å²) in [6.07, 6.45) is 2.45. The molecule has 1 aliphatic rings. The molecule has 1 N–H and O–H groups in total. The lowest BCUT2D eigenvalue weighted by Gasteiger charge is -2.13.